The van der Waals surface area contributed by atoms with Crippen molar-refractivity contribution in [2.45, 2.75) is 68.0 Å². The van der Waals surface area contributed by atoms with E-state index in [4.69, 9.17) is 14.2 Å². The fourth-order valence-electron chi connectivity index (χ4n) is 6.39. The monoisotopic (exact) mass is 605 g/mol. The van der Waals surface area contributed by atoms with Crippen molar-refractivity contribution in [1.29, 1.82) is 0 Å². The van der Waals surface area contributed by atoms with Gasteiger partial charge < -0.3 is 24.4 Å². The van der Waals surface area contributed by atoms with Gasteiger partial charge in [-0.3, -0.25) is 4.79 Å². The highest BCUT2D eigenvalue weighted by Gasteiger charge is 2.35. The van der Waals surface area contributed by atoms with E-state index in [1.807, 2.05) is 20.2 Å². The van der Waals surface area contributed by atoms with Crippen molar-refractivity contribution < 1.29 is 31.8 Å². The van der Waals surface area contributed by atoms with Gasteiger partial charge in [0.25, 0.3) is 0 Å². The molecule has 2 aromatic rings. The number of ether oxygens (including phenoxy) is 3. The number of piperidine rings is 1. The molecule has 2 fully saturated rings. The lowest BCUT2D eigenvalue weighted by Gasteiger charge is -2.38. The van der Waals surface area contributed by atoms with Crippen molar-refractivity contribution in [3.63, 3.8) is 0 Å². The summed E-state index contributed by atoms with van der Waals surface area (Å²) in [5, 5.41) is 3.09. The minimum absolute atomic E-state index is 0.0595. The van der Waals surface area contributed by atoms with Crippen LogP contribution < -0.4 is 14.8 Å². The standard InChI is InChI=1S/C31H44FN3O6S/c1-34(2)31(23-8-7-9-24(32)18-23)22-11-13-25(14-12-22)33-30(36)21-41-20-26-10-5-6-17-35(26)42(37,38)27-15-16-28(39-3)29(19-27)40-4/h7-9,15-16,18-19,22,25-26,31H,5-6,10-14,17,20-21H2,1-4H3,(H,33,36). The minimum Gasteiger partial charge on any atom is -0.493 e. The molecule has 0 bridgehead atoms. The van der Waals surface area contributed by atoms with Gasteiger partial charge in [0.2, 0.25) is 15.9 Å². The molecule has 232 valence electrons. The fourth-order valence-corrected chi connectivity index (χ4v) is 8.08. The molecule has 11 heteroatoms. The third-order valence-corrected chi connectivity index (χ3v) is 10.4. The van der Waals surface area contributed by atoms with E-state index < -0.39 is 10.0 Å². The second kappa shape index (κ2) is 14.6. The summed E-state index contributed by atoms with van der Waals surface area (Å²) in [7, 11) is 3.22. The topological polar surface area (TPSA) is 97.4 Å². The number of amides is 1. The Morgan fingerprint density at radius 3 is 2.43 bits per heavy atom. The Morgan fingerprint density at radius 2 is 1.76 bits per heavy atom. The Hall–Kier alpha value is -2.73. The van der Waals surface area contributed by atoms with Crippen LogP contribution in [0.3, 0.4) is 0 Å². The number of carbonyl (C=O) groups is 1. The Kier molecular flexibility index (Phi) is 11.2. The maximum Gasteiger partial charge on any atom is 0.246 e. The van der Waals surface area contributed by atoms with Gasteiger partial charge in [0.05, 0.1) is 25.7 Å². The van der Waals surface area contributed by atoms with Gasteiger partial charge in [-0.1, -0.05) is 18.6 Å². The van der Waals surface area contributed by atoms with Gasteiger partial charge >= 0.3 is 0 Å². The average Bonchev–Trinajstić information content (AvgIpc) is 2.98. The van der Waals surface area contributed by atoms with Crippen LogP contribution in [0, 0.1) is 11.7 Å². The van der Waals surface area contributed by atoms with Crippen molar-refractivity contribution in [1.82, 2.24) is 14.5 Å². The molecule has 1 aliphatic carbocycles. The molecule has 42 heavy (non-hydrogen) atoms. The number of hydrogen-bond donors (Lipinski definition) is 1. The van der Waals surface area contributed by atoms with Gasteiger partial charge in [0, 0.05) is 30.7 Å². The van der Waals surface area contributed by atoms with E-state index in [1.165, 1.54) is 36.7 Å². The molecular weight excluding hydrogens is 561 g/mol. The number of nitrogens with one attached hydrogen (secondary N) is 1. The highest BCUT2D eigenvalue weighted by Crippen LogP contribution is 2.38. The molecule has 9 nitrogen and oxygen atoms in total. The van der Waals surface area contributed by atoms with Gasteiger partial charge in [0.1, 0.15) is 12.4 Å². The number of carbonyl (C=O) groups excluding carboxylic acids is 1. The molecule has 4 rings (SSSR count). The average molecular weight is 606 g/mol. The molecule has 0 aromatic heterocycles. The Morgan fingerprint density at radius 1 is 1.02 bits per heavy atom. The maximum absolute atomic E-state index is 13.9. The third-order valence-electron chi connectivity index (χ3n) is 8.41. The van der Waals surface area contributed by atoms with E-state index in [-0.39, 0.29) is 48.0 Å². The lowest BCUT2D eigenvalue weighted by Crippen LogP contribution is -2.46. The summed E-state index contributed by atoms with van der Waals surface area (Å²) < 4.78 is 58.7. The van der Waals surface area contributed by atoms with E-state index in [0.29, 0.717) is 30.4 Å². The number of methoxy groups -OCH3 is 2. The molecule has 1 N–H and O–H groups in total. The predicted molar refractivity (Wildman–Crippen MR) is 159 cm³/mol. The molecule has 2 aliphatic rings. The summed E-state index contributed by atoms with van der Waals surface area (Å²) in [5.41, 5.74) is 0.978. The first-order chi connectivity index (χ1) is 20.1. The quantitative estimate of drug-likeness (QED) is 0.384. The van der Waals surface area contributed by atoms with Crippen LogP contribution >= 0.6 is 0 Å². The van der Waals surface area contributed by atoms with Gasteiger partial charge in [-0.2, -0.15) is 4.31 Å². The van der Waals surface area contributed by atoms with E-state index in [0.717, 1.165) is 44.1 Å². The van der Waals surface area contributed by atoms with E-state index in [2.05, 4.69) is 10.2 Å². The van der Waals surface area contributed by atoms with Crippen LogP contribution in [0.4, 0.5) is 4.39 Å². The highest BCUT2D eigenvalue weighted by atomic mass is 32.2. The zero-order chi connectivity index (χ0) is 30.3. The molecule has 1 heterocycles. The summed E-state index contributed by atoms with van der Waals surface area (Å²) in [6, 6.07) is 11.2. The van der Waals surface area contributed by atoms with Crippen molar-refractivity contribution >= 4 is 15.9 Å². The first-order valence-electron chi connectivity index (χ1n) is 14.7. The lowest BCUT2D eigenvalue weighted by atomic mass is 9.78. The summed E-state index contributed by atoms with van der Waals surface area (Å²) in [6.45, 7) is 0.416. The largest absolute Gasteiger partial charge is 0.493 e. The van der Waals surface area contributed by atoms with Gasteiger partial charge in [-0.15, -0.1) is 0 Å². The lowest BCUT2D eigenvalue weighted by molar-refractivity contribution is -0.127. The zero-order valence-corrected chi connectivity index (χ0v) is 25.9. The molecular formula is C31H44FN3O6S. The van der Waals surface area contributed by atoms with Crippen LogP contribution in [-0.2, 0) is 19.6 Å². The molecule has 1 saturated carbocycles. The summed E-state index contributed by atoms with van der Waals surface area (Å²) >= 11 is 0. The molecule has 1 amide bonds. The predicted octanol–water partition coefficient (Wildman–Crippen LogP) is 4.38. The van der Waals surface area contributed by atoms with E-state index >= 15 is 0 Å². The van der Waals surface area contributed by atoms with Crippen LogP contribution in [0.2, 0.25) is 0 Å². The number of benzene rings is 2. The number of sulfonamides is 1. The highest BCUT2D eigenvalue weighted by molar-refractivity contribution is 7.89. The first kappa shape index (κ1) is 32.2. The number of nitrogens with zero attached hydrogens (tertiary/aromatic N) is 2. The summed E-state index contributed by atoms with van der Waals surface area (Å²) in [6.07, 6.45) is 5.86. The maximum atomic E-state index is 13.9. The normalized spacial score (nSPS) is 22.5. The molecule has 2 unspecified atom stereocenters. The van der Waals surface area contributed by atoms with E-state index in [9.17, 15) is 17.6 Å². The minimum atomic E-state index is -3.79. The SMILES string of the molecule is COc1ccc(S(=O)(=O)N2CCCCC2COCC(=O)NC2CCC(C(c3cccc(F)c3)N(C)C)CC2)cc1OC. The number of halogens is 1. The first-order valence-corrected chi connectivity index (χ1v) is 16.1. The Labute approximate surface area is 249 Å². The van der Waals surface area contributed by atoms with Crippen molar-refractivity contribution in [2.24, 2.45) is 5.92 Å². The van der Waals surface area contributed by atoms with Crippen molar-refractivity contribution in [3.8, 4) is 11.5 Å². The number of hydrogen-bond acceptors (Lipinski definition) is 7. The molecule has 1 saturated heterocycles. The summed E-state index contributed by atoms with van der Waals surface area (Å²) in [4.78, 5) is 15.0. The molecule has 0 spiro atoms. The van der Waals surface area contributed by atoms with Crippen LogP contribution in [0.5, 0.6) is 11.5 Å². The van der Waals surface area contributed by atoms with Gasteiger partial charge in [0.15, 0.2) is 11.5 Å². The molecule has 1 aliphatic heterocycles. The smallest absolute Gasteiger partial charge is 0.246 e. The third kappa shape index (κ3) is 7.80. The van der Waals surface area contributed by atoms with E-state index in [1.54, 1.807) is 18.2 Å². The molecule has 2 aromatic carbocycles. The summed E-state index contributed by atoms with van der Waals surface area (Å²) in [5.74, 6) is 0.753. The number of rotatable bonds is 12. The molecule has 2 atom stereocenters. The van der Waals surface area contributed by atoms with Crippen molar-refractivity contribution in [2.75, 3.05) is 48.1 Å². The Bertz CT molecular complexity index is 1300. The van der Waals surface area contributed by atoms with Crippen LogP contribution in [-0.4, -0.2) is 83.7 Å². The Balaban J connectivity index is 1.27. The van der Waals surface area contributed by atoms with Gasteiger partial charge in [-0.25, -0.2) is 12.8 Å². The van der Waals surface area contributed by atoms with Crippen LogP contribution in [0.15, 0.2) is 47.4 Å². The zero-order valence-electron chi connectivity index (χ0n) is 25.1. The second-order valence-corrected chi connectivity index (χ2v) is 13.3. The van der Waals surface area contributed by atoms with Crippen LogP contribution in [0.25, 0.3) is 0 Å². The van der Waals surface area contributed by atoms with Crippen LogP contribution in [0.1, 0.15) is 56.6 Å². The van der Waals surface area contributed by atoms with Crippen molar-refractivity contribution in [3.05, 3.63) is 53.8 Å². The second-order valence-electron chi connectivity index (χ2n) is 11.4. The fraction of sp³-hybridized carbons (Fsp3) is 0.581. The molecule has 0 radical (unpaired) electrons. The van der Waals surface area contributed by atoms with Gasteiger partial charge in [-0.05, 0) is 88.4 Å².